The van der Waals surface area contributed by atoms with Crippen molar-refractivity contribution in [1.82, 2.24) is 0 Å². The van der Waals surface area contributed by atoms with Gasteiger partial charge in [0.2, 0.25) is 0 Å². The van der Waals surface area contributed by atoms with Crippen LogP contribution in [-0.4, -0.2) is 9.58 Å². The van der Waals surface area contributed by atoms with E-state index in [-0.39, 0.29) is 5.71 Å². The minimum atomic E-state index is 0.127. The summed E-state index contributed by atoms with van der Waals surface area (Å²) in [5.74, 6) is 0. The van der Waals surface area contributed by atoms with E-state index in [9.17, 15) is 0 Å². The van der Waals surface area contributed by atoms with Crippen LogP contribution >= 0.6 is 271 Å². The van der Waals surface area contributed by atoms with Gasteiger partial charge in [0.05, 0.1) is 3.86 Å². The first-order valence-electron chi connectivity index (χ1n) is 3.71. The number of halogens is 12. The van der Waals surface area contributed by atoms with Crippen LogP contribution in [0.25, 0.3) is 0 Å². The molecule has 0 bridgehead atoms. The monoisotopic (exact) mass is 1600 g/mol. The molecule has 110 valence electrons. The predicted octanol–water partition coefficient (Wildman–Crippen LogP) is 9.64. The second kappa shape index (κ2) is 10.5. The summed E-state index contributed by atoms with van der Waals surface area (Å²) < 4.78 is 1.74. The first kappa shape index (κ1) is 26.8. The van der Waals surface area contributed by atoms with Crippen molar-refractivity contribution < 1.29 is 0 Å². The van der Waals surface area contributed by atoms with E-state index in [4.69, 9.17) is 0 Å². The Hall–Kier alpha value is 8.76. The summed E-state index contributed by atoms with van der Waals surface area (Å²) in [5, 5.41) is 0. The van der Waals surface area contributed by atoms with Crippen LogP contribution in [0.3, 0.4) is 0 Å². The summed E-state index contributed by atoms with van der Waals surface area (Å²) in [5.41, 5.74) is 0. The molecule has 0 spiro atoms. The second-order valence-electron chi connectivity index (χ2n) is 3.00. The number of hydrogen-bond donors (Lipinski definition) is 0. The lowest BCUT2D eigenvalue weighted by Gasteiger charge is -2.50. The maximum Gasteiger partial charge on any atom is 0.124 e. The van der Waals surface area contributed by atoms with Gasteiger partial charge in [-0.2, -0.15) is 0 Å². The van der Waals surface area contributed by atoms with Crippen molar-refractivity contribution in [2.24, 2.45) is 0 Å². The van der Waals surface area contributed by atoms with Gasteiger partial charge in [-0.05, 0) is 0 Å². The molecule has 12 heteroatoms. The molecular weight excluding hydrogens is 1590 g/mol. The Morgan fingerprint density at radius 2 is 0.611 bits per heavy atom. The molecule has 0 aromatic rings. The average Bonchev–Trinajstić information content (AvgIpc) is 2.15. The van der Waals surface area contributed by atoms with E-state index in [0.29, 0.717) is 3.86 Å². The van der Waals surface area contributed by atoms with Gasteiger partial charge in [-0.25, -0.2) is 0 Å². The molecule has 0 radical (unpaired) electrons. The number of hydrogen-bond acceptors (Lipinski definition) is 0. The second-order valence-corrected chi connectivity index (χ2v) is 34.3. The zero-order valence-electron chi connectivity index (χ0n) is 7.69. The molecule has 0 N–H and O–H groups in total. The zero-order valence-corrected chi connectivity index (χ0v) is 33.6. The fourth-order valence-corrected chi connectivity index (χ4v) is 16.0. The van der Waals surface area contributed by atoms with Crippen LogP contribution in [0.1, 0.15) is 0 Å². The van der Waals surface area contributed by atoms with E-state index in [0.717, 1.165) is 0 Å². The van der Waals surface area contributed by atoms with E-state index < -0.39 is 0 Å². The van der Waals surface area contributed by atoms with Crippen LogP contribution in [0.15, 0.2) is 0 Å². The van der Waals surface area contributed by atoms with Crippen molar-refractivity contribution in [2.45, 2.75) is 9.58 Å². The lowest BCUT2D eigenvalue weighted by molar-refractivity contribution is 0.779. The SMILES string of the molecule is IC(I)C(I)(I)C(I)(I)C(I)(I)C(I)(I)C(I)I. The normalized spacial score (nSPS) is 15.7. The van der Waals surface area contributed by atoms with E-state index in [1.165, 1.54) is 0 Å². The highest BCUT2D eigenvalue weighted by Crippen LogP contribution is 2.71. The smallest absolute Gasteiger partial charge is 0.0686 e. The van der Waals surface area contributed by atoms with Crippen LogP contribution in [0.2, 0.25) is 0 Å². The molecule has 0 amide bonds. The first-order valence-corrected chi connectivity index (χ1v) is 17.3. The quantitative estimate of drug-likeness (QED) is 0.190. The van der Waals surface area contributed by atoms with E-state index in [2.05, 4.69) is 271 Å². The van der Waals surface area contributed by atoms with Gasteiger partial charge in [0.25, 0.3) is 0 Å². The molecular formula is C6H2I12. The van der Waals surface area contributed by atoms with Crippen LogP contribution < -0.4 is 0 Å². The Morgan fingerprint density at radius 1 is 0.444 bits per heavy atom. The Bertz CT molecular complexity index is 261. The van der Waals surface area contributed by atoms with Gasteiger partial charge >= 0.3 is 0 Å². The van der Waals surface area contributed by atoms with Gasteiger partial charge in [-0.15, -0.1) is 0 Å². The highest BCUT2D eigenvalue weighted by Gasteiger charge is 2.67. The summed E-state index contributed by atoms with van der Waals surface area (Å²) in [6.07, 6.45) is 0. The average molecular weight is 1600 g/mol. The molecule has 0 aromatic carbocycles. The third-order valence-electron chi connectivity index (χ3n) is 1.78. The molecule has 0 fully saturated rings. The Kier molecular flexibility index (Phi) is 15.6. The molecule has 0 aliphatic heterocycles. The van der Waals surface area contributed by atoms with Crippen molar-refractivity contribution in [1.29, 1.82) is 0 Å². The number of alkyl halides is 12. The van der Waals surface area contributed by atoms with Crippen molar-refractivity contribution in [3.05, 3.63) is 0 Å². The molecule has 18 heavy (non-hydrogen) atoms. The van der Waals surface area contributed by atoms with Crippen molar-refractivity contribution >= 4 is 271 Å². The molecule has 0 atom stereocenters. The molecule has 0 aliphatic carbocycles. The lowest BCUT2D eigenvalue weighted by atomic mass is 10.2. The van der Waals surface area contributed by atoms with Crippen LogP contribution in [-0.2, 0) is 0 Å². The van der Waals surface area contributed by atoms with Crippen molar-refractivity contribution in [3.63, 3.8) is 0 Å². The summed E-state index contributed by atoms with van der Waals surface area (Å²) in [7, 11) is 0. The summed E-state index contributed by atoms with van der Waals surface area (Å²) in [6.45, 7) is 0. The summed E-state index contributed by atoms with van der Waals surface area (Å²) in [6, 6.07) is 0. The minimum Gasteiger partial charge on any atom is -0.0686 e. The van der Waals surface area contributed by atoms with Gasteiger partial charge in [-0.1, -0.05) is 271 Å². The van der Waals surface area contributed by atoms with Gasteiger partial charge in [0.1, 0.15) is 5.71 Å². The molecule has 0 aromatic heterocycles. The Labute approximate surface area is 272 Å². The zero-order chi connectivity index (χ0) is 15.2. The van der Waals surface area contributed by atoms with Crippen molar-refractivity contribution in [3.8, 4) is 0 Å². The fourth-order valence-electron chi connectivity index (χ4n) is 0.693. The van der Waals surface area contributed by atoms with Gasteiger partial charge in [0.15, 0.2) is 0 Å². The number of rotatable bonds is 5. The molecule has 0 saturated heterocycles. The van der Waals surface area contributed by atoms with E-state index >= 15 is 0 Å². The molecule has 0 unspecified atom stereocenters. The van der Waals surface area contributed by atoms with Gasteiger partial charge in [-0.3, -0.25) is 0 Å². The predicted molar refractivity (Wildman–Crippen MR) is 187 cm³/mol. The maximum atomic E-state index is 2.67. The minimum absolute atomic E-state index is 0.127. The highest BCUT2D eigenvalue weighted by molar-refractivity contribution is 14.2. The van der Waals surface area contributed by atoms with Crippen LogP contribution in [0, 0.1) is 0 Å². The summed E-state index contributed by atoms with van der Waals surface area (Å²) in [4.78, 5) is 0. The molecule has 0 saturated carbocycles. The maximum absolute atomic E-state index is 2.67. The highest BCUT2D eigenvalue weighted by atomic mass is 127. The molecule has 0 heterocycles. The topological polar surface area (TPSA) is 0 Å². The Morgan fingerprint density at radius 3 is 0.722 bits per heavy atom. The standard InChI is InChI=1S/C6H2I12/c7-1(8)3(11,12)5(15,16)6(17,18)4(13,14)2(9)10/h1-2H. The van der Waals surface area contributed by atoms with Gasteiger partial charge in [0, 0.05) is 0 Å². The molecule has 0 rings (SSSR count). The first-order chi connectivity index (χ1) is 7.64. The Balaban J connectivity index is 5.74. The molecule has 0 nitrogen and oxygen atoms in total. The third-order valence-corrected chi connectivity index (χ3v) is 39.8. The molecule has 0 aliphatic rings. The lowest BCUT2D eigenvalue weighted by Crippen LogP contribution is -2.58. The largest absolute Gasteiger partial charge is 0.124 e. The van der Waals surface area contributed by atoms with E-state index in [1.807, 2.05) is 0 Å². The van der Waals surface area contributed by atoms with Crippen LogP contribution in [0.4, 0.5) is 0 Å². The van der Waals surface area contributed by atoms with Crippen molar-refractivity contribution in [2.75, 3.05) is 0 Å². The third kappa shape index (κ3) is 6.13. The summed E-state index contributed by atoms with van der Waals surface area (Å²) >= 11 is 31.4. The fraction of sp³-hybridized carbons (Fsp3) is 1.00. The van der Waals surface area contributed by atoms with Gasteiger partial charge < -0.3 is 0 Å². The van der Waals surface area contributed by atoms with Crippen LogP contribution in [0.5, 0.6) is 0 Å². The van der Waals surface area contributed by atoms with E-state index in [1.54, 1.807) is 0 Å².